The first-order valence-electron chi connectivity index (χ1n) is 12.7. The molecule has 0 bridgehead atoms. The normalized spacial score (nSPS) is 17.1. The second-order valence-electron chi connectivity index (χ2n) is 10.4. The number of nitrogens with zero attached hydrogens (tertiary/aromatic N) is 2. The topological polar surface area (TPSA) is 90.7 Å². The molecule has 8 nitrogen and oxygen atoms in total. The molecule has 0 spiro atoms. The molecule has 0 amide bonds. The Morgan fingerprint density at radius 2 is 1.19 bits per heavy atom. The van der Waals surface area contributed by atoms with Gasteiger partial charge >= 0.3 is 11.9 Å². The third-order valence-corrected chi connectivity index (χ3v) is 6.97. The van der Waals surface area contributed by atoms with Gasteiger partial charge in [-0.2, -0.15) is 0 Å². The van der Waals surface area contributed by atoms with E-state index in [2.05, 4.69) is 19.8 Å². The van der Waals surface area contributed by atoms with Crippen molar-refractivity contribution in [3.63, 3.8) is 0 Å². The zero-order valence-electron chi connectivity index (χ0n) is 21.8. The van der Waals surface area contributed by atoms with E-state index in [9.17, 15) is 9.59 Å². The lowest BCUT2D eigenvalue weighted by atomic mass is 10.1. The van der Waals surface area contributed by atoms with E-state index in [0.29, 0.717) is 17.9 Å². The quantitative estimate of drug-likeness (QED) is 0.252. The van der Waals surface area contributed by atoms with Gasteiger partial charge in [-0.15, -0.1) is 0 Å². The molecule has 1 fully saturated rings. The van der Waals surface area contributed by atoms with E-state index in [1.165, 1.54) is 0 Å². The van der Waals surface area contributed by atoms with Crippen molar-refractivity contribution < 1.29 is 19.1 Å². The first-order chi connectivity index (χ1) is 17.8. The molecular weight excluding hydrogens is 468 g/mol. The summed E-state index contributed by atoms with van der Waals surface area (Å²) < 4.78 is 11.7. The van der Waals surface area contributed by atoms with Crippen LogP contribution in [0.1, 0.15) is 17.5 Å². The van der Waals surface area contributed by atoms with E-state index in [1.54, 1.807) is 0 Å². The Labute approximate surface area is 216 Å². The summed E-state index contributed by atoms with van der Waals surface area (Å²) in [5.41, 5.74) is 4.05. The number of carbonyl (C=O) groups is 2. The van der Waals surface area contributed by atoms with Gasteiger partial charge in [-0.05, 0) is 82.8 Å². The lowest BCUT2D eigenvalue weighted by molar-refractivity contribution is -0.141. The van der Waals surface area contributed by atoms with Crippen LogP contribution in [0, 0.1) is 11.8 Å². The second-order valence-corrected chi connectivity index (χ2v) is 10.4. The maximum absolute atomic E-state index is 13.0. The van der Waals surface area contributed by atoms with Crippen LogP contribution in [0.15, 0.2) is 48.8 Å². The summed E-state index contributed by atoms with van der Waals surface area (Å²) in [5, 5.41) is 1.84. The standard InChI is InChI=1S/C29H34N4O4/c1-32(2)13-11-18-16-30-22-7-5-9-24(26(18)22)36-28(34)20-15-21(20)29(35)37-25-10-6-8-23-27(25)19(17-31-23)12-14-33(3)4/h5-10,16-17,20-21,30-31H,11-15H2,1-4H3/t20-,21-/m0/s1. The molecule has 0 saturated heterocycles. The highest BCUT2D eigenvalue weighted by Gasteiger charge is 2.51. The number of likely N-dealkylation sites (N-methyl/N-ethyl adjacent to an activating group) is 2. The average Bonchev–Trinajstić information content (AvgIpc) is 3.39. The number of hydrogen-bond acceptors (Lipinski definition) is 6. The van der Waals surface area contributed by atoms with Crippen LogP contribution in [-0.4, -0.2) is 73.0 Å². The Balaban J connectivity index is 1.27. The molecule has 2 atom stereocenters. The molecule has 5 rings (SSSR count). The van der Waals surface area contributed by atoms with Gasteiger partial charge in [-0.25, -0.2) is 0 Å². The zero-order chi connectivity index (χ0) is 26.1. The predicted molar refractivity (Wildman–Crippen MR) is 144 cm³/mol. The molecule has 37 heavy (non-hydrogen) atoms. The first kappa shape index (κ1) is 25.0. The van der Waals surface area contributed by atoms with Crippen LogP contribution in [0.3, 0.4) is 0 Å². The number of rotatable bonds is 10. The van der Waals surface area contributed by atoms with Gasteiger partial charge in [0.15, 0.2) is 0 Å². The summed E-state index contributed by atoms with van der Waals surface area (Å²) in [6.07, 6.45) is 6.04. The number of aromatic amines is 2. The van der Waals surface area contributed by atoms with Gasteiger partial charge in [0, 0.05) is 47.3 Å². The molecule has 2 heterocycles. The summed E-state index contributed by atoms with van der Waals surface area (Å²) in [7, 11) is 8.12. The maximum atomic E-state index is 13.0. The Hall–Kier alpha value is -3.62. The number of fused-ring (bicyclic) bond motifs is 2. The van der Waals surface area contributed by atoms with Crippen molar-refractivity contribution in [2.75, 3.05) is 41.3 Å². The molecule has 1 saturated carbocycles. The van der Waals surface area contributed by atoms with Crippen LogP contribution in [-0.2, 0) is 22.4 Å². The highest BCUT2D eigenvalue weighted by molar-refractivity contribution is 5.96. The second kappa shape index (κ2) is 10.4. The lowest BCUT2D eigenvalue weighted by Gasteiger charge is -2.11. The van der Waals surface area contributed by atoms with Crippen molar-refractivity contribution in [1.82, 2.24) is 19.8 Å². The smallest absolute Gasteiger partial charge is 0.315 e. The number of aromatic nitrogens is 2. The molecule has 4 aromatic rings. The summed E-state index contributed by atoms with van der Waals surface area (Å²) in [4.78, 5) is 36.8. The highest BCUT2D eigenvalue weighted by Crippen LogP contribution is 2.42. The van der Waals surface area contributed by atoms with Crippen LogP contribution in [0.4, 0.5) is 0 Å². The average molecular weight is 503 g/mol. The third-order valence-electron chi connectivity index (χ3n) is 6.97. The Morgan fingerprint density at radius 3 is 1.59 bits per heavy atom. The fourth-order valence-corrected chi connectivity index (χ4v) is 4.78. The number of ether oxygens (including phenoxy) is 2. The molecule has 2 aromatic carbocycles. The van der Waals surface area contributed by atoms with Crippen LogP contribution in [0.2, 0.25) is 0 Å². The minimum Gasteiger partial charge on any atom is -0.426 e. The van der Waals surface area contributed by atoms with Crippen molar-refractivity contribution in [2.24, 2.45) is 11.8 Å². The number of carbonyl (C=O) groups excluding carboxylic acids is 2. The summed E-state index contributed by atoms with van der Waals surface area (Å²) >= 11 is 0. The lowest BCUT2D eigenvalue weighted by Crippen LogP contribution is -2.18. The van der Waals surface area contributed by atoms with Crippen molar-refractivity contribution in [3.05, 3.63) is 59.9 Å². The summed E-state index contributed by atoms with van der Waals surface area (Å²) in [6, 6.07) is 11.3. The molecule has 0 aliphatic heterocycles. The van der Waals surface area contributed by atoms with E-state index in [-0.39, 0.29) is 11.9 Å². The van der Waals surface area contributed by atoms with Gasteiger partial charge in [-0.1, -0.05) is 12.1 Å². The van der Waals surface area contributed by atoms with Crippen LogP contribution in [0.25, 0.3) is 21.8 Å². The van der Waals surface area contributed by atoms with Crippen LogP contribution < -0.4 is 9.47 Å². The number of esters is 2. The molecule has 1 aliphatic rings. The first-order valence-corrected chi connectivity index (χ1v) is 12.7. The van der Waals surface area contributed by atoms with Crippen molar-refractivity contribution in [1.29, 1.82) is 0 Å². The minimum atomic E-state index is -0.495. The van der Waals surface area contributed by atoms with E-state index in [4.69, 9.17) is 9.47 Å². The molecule has 0 radical (unpaired) electrons. The third kappa shape index (κ3) is 5.40. The number of hydrogen-bond donors (Lipinski definition) is 2. The molecule has 2 N–H and O–H groups in total. The van der Waals surface area contributed by atoms with Gasteiger partial charge in [0.1, 0.15) is 11.5 Å². The molecule has 194 valence electrons. The highest BCUT2D eigenvalue weighted by atomic mass is 16.5. The fraction of sp³-hybridized carbons (Fsp3) is 0.379. The number of H-pyrrole nitrogens is 2. The van der Waals surface area contributed by atoms with Gasteiger partial charge in [0.2, 0.25) is 0 Å². The van der Waals surface area contributed by atoms with Gasteiger partial charge < -0.3 is 29.2 Å². The van der Waals surface area contributed by atoms with Gasteiger partial charge in [-0.3, -0.25) is 9.59 Å². The molecule has 8 heteroatoms. The molecule has 2 aromatic heterocycles. The minimum absolute atomic E-state index is 0.388. The number of nitrogens with one attached hydrogen (secondary N) is 2. The Kier molecular flexibility index (Phi) is 7.04. The fourth-order valence-electron chi connectivity index (χ4n) is 4.78. The maximum Gasteiger partial charge on any atom is 0.315 e. The van der Waals surface area contributed by atoms with E-state index in [0.717, 1.165) is 58.9 Å². The Morgan fingerprint density at radius 1 is 0.757 bits per heavy atom. The van der Waals surface area contributed by atoms with Crippen LogP contribution >= 0.6 is 0 Å². The van der Waals surface area contributed by atoms with Crippen LogP contribution in [0.5, 0.6) is 11.5 Å². The van der Waals surface area contributed by atoms with E-state index in [1.807, 2.05) is 77.0 Å². The summed E-state index contributed by atoms with van der Waals surface area (Å²) in [5.74, 6) is -0.712. The van der Waals surface area contributed by atoms with Crippen molar-refractivity contribution in [2.45, 2.75) is 19.3 Å². The predicted octanol–water partition coefficient (Wildman–Crippen LogP) is 4.00. The van der Waals surface area contributed by atoms with Gasteiger partial charge in [0.25, 0.3) is 0 Å². The zero-order valence-corrected chi connectivity index (χ0v) is 21.8. The van der Waals surface area contributed by atoms with E-state index < -0.39 is 11.8 Å². The SMILES string of the molecule is CN(C)CCc1c[nH]c2cccc(OC(=O)[C@H]3C[C@@H]3C(=O)Oc3cccc4[nH]cc(CCN(C)C)c34)c12. The Bertz CT molecular complexity index is 1330. The van der Waals surface area contributed by atoms with Gasteiger partial charge in [0.05, 0.1) is 11.8 Å². The molecule has 0 unspecified atom stereocenters. The molecule has 1 aliphatic carbocycles. The molecular formula is C29H34N4O4. The number of benzene rings is 2. The van der Waals surface area contributed by atoms with E-state index >= 15 is 0 Å². The largest absolute Gasteiger partial charge is 0.426 e. The van der Waals surface area contributed by atoms with Crippen molar-refractivity contribution >= 4 is 33.7 Å². The van der Waals surface area contributed by atoms with Crippen molar-refractivity contribution in [3.8, 4) is 11.5 Å². The summed E-state index contributed by atoms with van der Waals surface area (Å²) in [6.45, 7) is 1.77. The monoisotopic (exact) mass is 502 g/mol.